The first-order valence-electron chi connectivity index (χ1n) is 2.12. The van der Waals surface area contributed by atoms with Crippen LogP contribution in [0.5, 0.6) is 0 Å². The monoisotopic (exact) mass is 189 g/mol. The van der Waals surface area contributed by atoms with E-state index in [0.717, 1.165) is 22.6 Å². The van der Waals surface area contributed by atoms with E-state index in [0.29, 0.717) is 0 Å². The van der Waals surface area contributed by atoms with Gasteiger partial charge in [-0.2, -0.15) is 0 Å². The first-order chi connectivity index (χ1) is 3.00. The second-order valence-electron chi connectivity index (χ2n) is 1.28. The van der Waals surface area contributed by atoms with E-state index in [2.05, 4.69) is 15.4 Å². The van der Waals surface area contributed by atoms with Crippen LogP contribution in [-0.2, 0) is 0 Å². The summed E-state index contributed by atoms with van der Waals surface area (Å²) in [5.74, 6) is 0. The molecule has 3 N–H and O–H groups in total. The maximum absolute atomic E-state index is 3.06. The molecule has 9 heteroatoms. The van der Waals surface area contributed by atoms with Gasteiger partial charge < -0.3 is 15.4 Å². The summed E-state index contributed by atoms with van der Waals surface area (Å²) in [6.45, 7) is 0. The van der Waals surface area contributed by atoms with Crippen molar-refractivity contribution in [2.75, 3.05) is 0 Å². The van der Waals surface area contributed by atoms with E-state index in [-0.39, 0.29) is 37.2 Å². The van der Waals surface area contributed by atoms with Crippen LogP contribution in [0.15, 0.2) is 0 Å². The van der Waals surface area contributed by atoms with Crippen LogP contribution in [0.4, 0.5) is 0 Å². The molecule has 0 amide bonds. The Labute approximate surface area is 75.6 Å². The molecule has 1 heterocycles. The molecule has 1 saturated heterocycles. The van der Waals surface area contributed by atoms with Crippen LogP contribution >= 0.6 is 37.2 Å². The van der Waals surface area contributed by atoms with Crippen molar-refractivity contribution in [1.82, 2.24) is 15.4 Å². The third-order valence-corrected chi connectivity index (χ3v) is 0.750. The summed E-state index contributed by atoms with van der Waals surface area (Å²) in [7, 11) is 2.81. The van der Waals surface area contributed by atoms with E-state index in [1.165, 1.54) is 0 Å². The topological polar surface area (TPSA) is 36.1 Å². The Balaban J connectivity index is -0.000000120. The number of hydrogen-bond acceptors (Lipinski definition) is 3. The van der Waals surface area contributed by atoms with Gasteiger partial charge in [0.15, 0.2) is 0 Å². The van der Waals surface area contributed by atoms with Gasteiger partial charge in [0.2, 0.25) is 0 Å². The van der Waals surface area contributed by atoms with Gasteiger partial charge in [0, 0.05) is 0 Å². The molecule has 0 unspecified atom stereocenters. The van der Waals surface area contributed by atoms with E-state index in [1.54, 1.807) is 0 Å². The van der Waals surface area contributed by atoms with E-state index in [1.807, 2.05) is 0 Å². The Bertz CT molecular complexity index is 29.8. The van der Waals surface area contributed by atoms with Crippen LogP contribution in [0.3, 0.4) is 0 Å². The predicted octanol–water partition coefficient (Wildman–Crippen LogP) is -2.17. The first-order valence-corrected chi connectivity index (χ1v) is 2.12. The van der Waals surface area contributed by atoms with E-state index < -0.39 is 0 Å². The molecular weight excluding hydrogens is 181 g/mol. The van der Waals surface area contributed by atoms with Crippen molar-refractivity contribution < 1.29 is 0 Å². The lowest BCUT2D eigenvalue weighted by Crippen LogP contribution is -2.55. The zero-order chi connectivity index (χ0) is 4.24. The van der Waals surface area contributed by atoms with Crippen molar-refractivity contribution in [1.29, 1.82) is 0 Å². The second kappa shape index (κ2) is 11.7. The molecule has 1 aliphatic heterocycles. The molecule has 0 spiro atoms. The highest BCUT2D eigenvalue weighted by Gasteiger charge is 1.97. The van der Waals surface area contributed by atoms with Crippen LogP contribution in [0.1, 0.15) is 0 Å². The maximum Gasteiger partial charge on any atom is 0.265 e. The lowest BCUT2D eigenvalue weighted by atomic mass is 9.85. The smallest absolute Gasteiger partial charge is 0.265 e. The molecule has 1 fully saturated rings. The van der Waals surface area contributed by atoms with Gasteiger partial charge in [-0.3, -0.25) is 0 Å². The Morgan fingerprint density at radius 3 is 0.889 bits per heavy atom. The molecule has 0 bridgehead atoms. The average molecular weight is 190 g/mol. The van der Waals surface area contributed by atoms with Crippen molar-refractivity contribution in [3.05, 3.63) is 0 Å². The normalized spacial score (nSPS) is 13.3. The predicted molar refractivity (Wildman–Crippen MR) is 52.6 cm³/mol. The molecule has 0 aromatic rings. The van der Waals surface area contributed by atoms with Crippen LogP contribution < -0.4 is 15.4 Å². The third kappa shape index (κ3) is 8.94. The number of rotatable bonds is 0. The van der Waals surface area contributed by atoms with Gasteiger partial charge in [-0.25, -0.2) is 0 Å². The molecular formula is H9B3Cl3N3. The lowest BCUT2D eigenvalue weighted by molar-refractivity contribution is 1.28. The highest BCUT2D eigenvalue weighted by atomic mass is 35.5. The molecule has 0 aromatic carbocycles. The summed E-state index contributed by atoms with van der Waals surface area (Å²) in [6.07, 6.45) is 0. The van der Waals surface area contributed by atoms with Crippen LogP contribution in [-0.4, -0.2) is 22.6 Å². The van der Waals surface area contributed by atoms with Crippen molar-refractivity contribution in [3.8, 4) is 0 Å². The van der Waals surface area contributed by atoms with Gasteiger partial charge >= 0.3 is 0 Å². The zero-order valence-corrected chi connectivity index (χ0v) is 7.30. The van der Waals surface area contributed by atoms with Crippen molar-refractivity contribution >= 4 is 59.9 Å². The van der Waals surface area contributed by atoms with Gasteiger partial charge in [-0.15, -0.1) is 37.2 Å². The third-order valence-electron chi connectivity index (χ3n) is 0.750. The largest absolute Gasteiger partial charge is 0.378 e. The molecule has 9 heavy (non-hydrogen) atoms. The van der Waals surface area contributed by atoms with Gasteiger partial charge in [0.25, 0.3) is 22.6 Å². The number of nitrogens with one attached hydrogen (secondary N) is 3. The number of hydrogen-bond donors (Lipinski definition) is 3. The quantitative estimate of drug-likeness (QED) is 0.380. The second-order valence-corrected chi connectivity index (χ2v) is 1.28. The summed E-state index contributed by atoms with van der Waals surface area (Å²) >= 11 is 0. The molecule has 3 nitrogen and oxygen atoms in total. The Hall–Kier alpha value is 0.945. The lowest BCUT2D eigenvalue weighted by Gasteiger charge is -2.08. The summed E-state index contributed by atoms with van der Waals surface area (Å²) in [5, 5.41) is 9.19. The van der Waals surface area contributed by atoms with Crippen molar-refractivity contribution in [3.63, 3.8) is 0 Å². The van der Waals surface area contributed by atoms with E-state index in [4.69, 9.17) is 0 Å². The highest BCUT2D eigenvalue weighted by Crippen LogP contribution is 1.46. The summed E-state index contributed by atoms with van der Waals surface area (Å²) in [4.78, 5) is 0. The van der Waals surface area contributed by atoms with Crippen LogP contribution in [0.25, 0.3) is 0 Å². The summed E-state index contributed by atoms with van der Waals surface area (Å²) < 4.78 is 0. The van der Waals surface area contributed by atoms with E-state index in [9.17, 15) is 0 Å². The summed E-state index contributed by atoms with van der Waals surface area (Å²) in [5.41, 5.74) is 0. The van der Waals surface area contributed by atoms with Gasteiger partial charge in [-0.1, -0.05) is 0 Å². The molecule has 1 rings (SSSR count). The molecule has 54 valence electrons. The molecule has 0 atom stereocenters. The fourth-order valence-corrected chi connectivity index (χ4v) is 0.453. The fraction of sp³-hybridized carbons (Fsp3) is 0. The first kappa shape index (κ1) is 16.5. The van der Waals surface area contributed by atoms with Gasteiger partial charge in [0.05, 0.1) is 0 Å². The van der Waals surface area contributed by atoms with Gasteiger partial charge in [-0.05, 0) is 0 Å². The minimum Gasteiger partial charge on any atom is -0.378 e. The van der Waals surface area contributed by atoms with Crippen LogP contribution in [0, 0.1) is 0 Å². The Morgan fingerprint density at radius 1 is 0.556 bits per heavy atom. The number of halogens is 3. The minimum atomic E-state index is 0. The van der Waals surface area contributed by atoms with E-state index >= 15 is 0 Å². The molecule has 0 radical (unpaired) electrons. The van der Waals surface area contributed by atoms with Crippen LogP contribution in [0.2, 0.25) is 0 Å². The summed E-state index contributed by atoms with van der Waals surface area (Å²) in [6, 6.07) is 0. The minimum absolute atomic E-state index is 0. The Kier molecular flexibility index (Phi) is 21.5. The molecule has 0 aromatic heterocycles. The SMILES string of the molecule is B1NBNBN1.Cl.Cl.Cl. The molecule has 1 aliphatic rings. The average Bonchev–Trinajstić information content (AvgIpc) is 1.72. The van der Waals surface area contributed by atoms with Crippen molar-refractivity contribution in [2.24, 2.45) is 0 Å². The molecule has 0 saturated carbocycles. The standard InChI is InChI=1S/B3H6N3.3ClH/c1-4-2-6-3-5-1;;;/h1-6H;3*1H. The van der Waals surface area contributed by atoms with Gasteiger partial charge in [0.1, 0.15) is 0 Å². The highest BCUT2D eigenvalue weighted by molar-refractivity contribution is 6.65. The fourth-order valence-electron chi connectivity index (χ4n) is 0.453. The van der Waals surface area contributed by atoms with Crippen molar-refractivity contribution in [2.45, 2.75) is 0 Å². The Morgan fingerprint density at radius 2 is 0.778 bits per heavy atom. The zero-order valence-electron chi connectivity index (χ0n) is 4.85. The molecule has 0 aliphatic carbocycles. The maximum atomic E-state index is 3.06.